The summed E-state index contributed by atoms with van der Waals surface area (Å²) in [5.41, 5.74) is 0. The molecule has 90 heavy (non-hydrogen) atoms. The van der Waals surface area contributed by atoms with Gasteiger partial charge in [-0.25, -0.2) is 42.5 Å². The molecular weight excluding hydrogens is 1600 g/mol. The van der Waals surface area contributed by atoms with Crippen LogP contribution in [0.3, 0.4) is 0 Å². The Hall–Kier alpha value is -1.20. The third-order valence-electron chi connectivity index (χ3n) is 9.89. The molecule has 2 unspecified atom stereocenters. The van der Waals surface area contributed by atoms with Gasteiger partial charge in [0.25, 0.3) is 0 Å². The molecule has 0 bridgehead atoms. The zero-order valence-corrected chi connectivity index (χ0v) is 45.8. The second-order valence-corrected chi connectivity index (χ2v) is 21.2. The summed E-state index contributed by atoms with van der Waals surface area (Å²) in [4.78, 5) is 0. The van der Waals surface area contributed by atoms with Crippen LogP contribution in [0.5, 0.6) is 0 Å². The second-order valence-electron chi connectivity index (χ2n) is 15.4. The molecule has 0 heterocycles. The molecule has 0 rings (SSSR count). The molecule has 0 aromatic rings. The fraction of sp³-hybridized carbons (Fsp3) is 1.00. The monoisotopic (exact) mass is 1600 g/mol. The van der Waals surface area contributed by atoms with Gasteiger partial charge in [-0.15, -0.1) is 0 Å². The third-order valence-corrected chi connectivity index (χ3v) is 14.4. The van der Waals surface area contributed by atoms with E-state index in [0.717, 1.165) is 0 Å². The van der Waals surface area contributed by atoms with Crippen molar-refractivity contribution in [3.8, 4) is 0 Å². The molecule has 0 saturated carbocycles. The van der Waals surface area contributed by atoms with E-state index in [-0.39, 0.29) is 75.5 Å². The first-order valence-corrected chi connectivity index (χ1v) is 23.0. The minimum absolute atomic E-state index is 0. The van der Waals surface area contributed by atoms with Gasteiger partial charge in [-0.05, 0) is 0 Å². The van der Waals surface area contributed by atoms with E-state index in [1.807, 2.05) is 0 Å². The summed E-state index contributed by atoms with van der Waals surface area (Å²) < 4.78 is 763. The van der Waals surface area contributed by atoms with Gasteiger partial charge in [0.15, 0.2) is 20.2 Å². The third kappa shape index (κ3) is 11.8. The molecule has 0 spiro atoms. The van der Waals surface area contributed by atoms with Crippen LogP contribution in [0.4, 0.5) is 211 Å². The first-order valence-electron chi connectivity index (χ1n) is 17.4. The first-order chi connectivity index (χ1) is 36.5. The minimum Gasteiger partial charge on any atom is -0.745 e. The minimum atomic E-state index is -9.93. The number of alkyl halides is 48. The largest absolute Gasteiger partial charge is 2.00 e. The van der Waals surface area contributed by atoms with Crippen molar-refractivity contribution < 1.29 is 263 Å². The van der Waals surface area contributed by atoms with Crippen LogP contribution in [-0.4, -0.2) is 267 Å². The van der Waals surface area contributed by atoms with Crippen LogP contribution in [-0.2, 0) is 40.5 Å². The van der Waals surface area contributed by atoms with Gasteiger partial charge in [0, 0.05) is 0 Å². The molecule has 0 aromatic carbocycles. The topological polar surface area (TPSA) is 229 Å². The molecule has 0 radical (unpaired) electrons. The normalized spacial score (nSPS) is 17.9. The van der Waals surface area contributed by atoms with E-state index < -0.39 is 180 Å². The van der Waals surface area contributed by atoms with E-state index in [2.05, 4.69) is 0 Å². The standard InChI is InChI=1S/2C12H2F24O6S2.2Ca/c2*13-1(14,3(17,18)5(21,22)7(25,26)9(29,30)11(32,33)34)2(15,16)4(19,20)6(23,24)8(27,28)10(31,43(37,38)39)12(35,36)44(40,41)42;;/h2*(H,37,38,39)(H,40,41,42);;/q;;2*+2/p-4. The van der Waals surface area contributed by atoms with Crippen molar-refractivity contribution in [2.75, 3.05) is 0 Å². The predicted molar refractivity (Wildman–Crippen MR) is 169 cm³/mol. The van der Waals surface area contributed by atoms with Crippen molar-refractivity contribution >= 4 is 116 Å². The molecule has 0 aliphatic rings. The summed E-state index contributed by atoms with van der Waals surface area (Å²) in [6, 6.07) is 0. The maximum atomic E-state index is 14.1. The molecule has 0 amide bonds. The molecule has 2 atom stereocenters. The number of hydrogen-bond donors (Lipinski definition) is 0. The van der Waals surface area contributed by atoms with Gasteiger partial charge in [0.1, 0.15) is 20.2 Å². The van der Waals surface area contributed by atoms with Crippen molar-refractivity contribution in [1.29, 1.82) is 0 Å². The molecular formula is C24Ca2F48O12S4. The summed E-state index contributed by atoms with van der Waals surface area (Å²) in [5.74, 6) is -173. The van der Waals surface area contributed by atoms with Crippen molar-refractivity contribution in [3.63, 3.8) is 0 Å². The Bertz CT molecular complexity index is 2880. The summed E-state index contributed by atoms with van der Waals surface area (Å²) >= 11 is 0. The molecule has 0 saturated heterocycles. The van der Waals surface area contributed by atoms with Gasteiger partial charge >= 0.3 is 215 Å². The second kappa shape index (κ2) is 23.8. The van der Waals surface area contributed by atoms with Crippen LogP contribution in [0.1, 0.15) is 0 Å². The molecule has 0 aliphatic carbocycles. The van der Waals surface area contributed by atoms with Gasteiger partial charge in [-0.1, -0.05) is 0 Å². The molecule has 0 aliphatic heterocycles. The molecule has 0 fully saturated rings. The average molecular weight is 1600 g/mol. The van der Waals surface area contributed by atoms with Gasteiger partial charge < -0.3 is 18.2 Å². The van der Waals surface area contributed by atoms with Gasteiger partial charge in [0.05, 0.1) is 0 Å². The maximum Gasteiger partial charge on any atom is 2.00 e. The summed E-state index contributed by atoms with van der Waals surface area (Å²) in [5, 5.41) is -35.5. The summed E-state index contributed by atoms with van der Waals surface area (Å²) in [6.07, 6.45) is -16.6. The smallest absolute Gasteiger partial charge is 0.745 e. The Kier molecular flexibility index (Phi) is 25.1. The number of hydrogen-bond acceptors (Lipinski definition) is 12. The van der Waals surface area contributed by atoms with Crippen molar-refractivity contribution in [3.05, 3.63) is 0 Å². The Morgan fingerprint density at radius 3 is 0.322 bits per heavy atom. The molecule has 0 aromatic heterocycles. The molecule has 66 heteroatoms. The SMILES string of the molecule is O=S(=O)([O-])C(F)(F)C(F)(C(F)(F)C(F)(F)C(F)(F)C(F)(F)C(F)(F)C(F)(F)C(F)(F)C(F)(F)C(F)(F)C(F)(F)F)S(=O)(=O)[O-].O=S(=O)([O-])C(F)(F)C(F)(C(F)(F)C(F)(F)C(F)(F)C(F)(F)C(F)(F)C(F)(F)C(F)(F)C(F)(F)C(F)(F)C(F)(F)F)S(=O)(=O)[O-].[Ca+2].[Ca+2]. The van der Waals surface area contributed by atoms with Crippen molar-refractivity contribution in [2.45, 2.75) is 139 Å². The van der Waals surface area contributed by atoms with Crippen LogP contribution in [0.25, 0.3) is 0 Å². The van der Waals surface area contributed by atoms with Crippen LogP contribution in [0.2, 0.25) is 0 Å². The summed E-state index contributed by atoms with van der Waals surface area (Å²) in [6.45, 7) is 0. The van der Waals surface area contributed by atoms with E-state index in [0.29, 0.717) is 0 Å². The Morgan fingerprint density at radius 2 is 0.244 bits per heavy atom. The quantitative estimate of drug-likeness (QED) is 0.0499. The number of rotatable bonds is 24. The van der Waals surface area contributed by atoms with E-state index in [1.54, 1.807) is 0 Å². The van der Waals surface area contributed by atoms with E-state index in [1.165, 1.54) is 0 Å². The Morgan fingerprint density at radius 1 is 0.156 bits per heavy atom. The van der Waals surface area contributed by atoms with E-state index in [4.69, 9.17) is 0 Å². The number of halogens is 48. The van der Waals surface area contributed by atoms with Crippen LogP contribution in [0.15, 0.2) is 0 Å². The predicted octanol–water partition coefficient (Wildman–Crippen LogP) is 10.5. The van der Waals surface area contributed by atoms with Crippen molar-refractivity contribution in [2.24, 2.45) is 0 Å². The van der Waals surface area contributed by atoms with Crippen molar-refractivity contribution in [1.82, 2.24) is 0 Å². The fourth-order valence-corrected chi connectivity index (χ4v) is 8.40. The fourth-order valence-electron chi connectivity index (χ4n) is 4.81. The molecule has 0 N–H and O–H groups in total. The Balaban J connectivity index is -0.000000804. The molecule has 532 valence electrons. The van der Waals surface area contributed by atoms with Crippen LogP contribution in [0, 0.1) is 0 Å². The Labute approximate surface area is 515 Å². The van der Waals surface area contributed by atoms with Gasteiger partial charge in [-0.3, -0.25) is 0 Å². The molecule has 12 nitrogen and oxygen atoms in total. The van der Waals surface area contributed by atoms with Crippen LogP contribution < -0.4 is 0 Å². The van der Waals surface area contributed by atoms with Crippen LogP contribution >= 0.6 is 0 Å². The first kappa shape index (κ1) is 95.2. The average Bonchev–Trinajstić information content (AvgIpc) is 3.24. The van der Waals surface area contributed by atoms with E-state index >= 15 is 0 Å². The summed E-state index contributed by atoms with van der Waals surface area (Å²) in [7, 11) is -36.1. The zero-order valence-electron chi connectivity index (χ0n) is 38.1. The van der Waals surface area contributed by atoms with Gasteiger partial charge in [-0.2, -0.15) is 202 Å². The maximum absolute atomic E-state index is 14.1. The zero-order chi connectivity index (χ0) is 74.0. The van der Waals surface area contributed by atoms with Gasteiger partial charge in [0.2, 0.25) is 0 Å². The van der Waals surface area contributed by atoms with E-state index in [9.17, 15) is 263 Å².